The van der Waals surface area contributed by atoms with Crippen LogP contribution in [0.1, 0.15) is 5.56 Å². The Labute approximate surface area is 123 Å². The number of benzene rings is 2. The fourth-order valence-electron chi connectivity index (χ4n) is 1.77. The SMILES string of the molecule is Cc1cc(Oc2ccccc2Cl)c(N)c(S(C)(=O)=O)c1. The van der Waals surface area contributed by atoms with Gasteiger partial charge in [-0.3, -0.25) is 0 Å². The van der Waals surface area contributed by atoms with Gasteiger partial charge in [0.15, 0.2) is 15.6 Å². The van der Waals surface area contributed by atoms with Gasteiger partial charge in [-0.15, -0.1) is 0 Å². The van der Waals surface area contributed by atoms with E-state index in [9.17, 15) is 8.42 Å². The molecule has 106 valence electrons. The molecular formula is C14H14ClNO3S. The maximum atomic E-state index is 11.7. The number of rotatable bonds is 3. The number of para-hydroxylation sites is 1. The second-order valence-electron chi connectivity index (χ2n) is 4.48. The maximum Gasteiger partial charge on any atom is 0.177 e. The summed E-state index contributed by atoms with van der Waals surface area (Å²) in [7, 11) is -3.42. The monoisotopic (exact) mass is 311 g/mol. The van der Waals surface area contributed by atoms with Crippen LogP contribution in [0.25, 0.3) is 0 Å². The zero-order valence-electron chi connectivity index (χ0n) is 11.1. The molecule has 0 atom stereocenters. The molecule has 0 bridgehead atoms. The van der Waals surface area contributed by atoms with Crippen molar-refractivity contribution in [1.82, 2.24) is 0 Å². The molecule has 20 heavy (non-hydrogen) atoms. The van der Waals surface area contributed by atoms with Gasteiger partial charge in [0.2, 0.25) is 0 Å². The van der Waals surface area contributed by atoms with Crippen LogP contribution in [0.15, 0.2) is 41.3 Å². The van der Waals surface area contributed by atoms with E-state index in [1.165, 1.54) is 6.07 Å². The fourth-order valence-corrected chi connectivity index (χ4v) is 2.84. The molecule has 0 aromatic heterocycles. The lowest BCUT2D eigenvalue weighted by molar-refractivity contribution is 0.483. The van der Waals surface area contributed by atoms with Gasteiger partial charge in [-0.2, -0.15) is 0 Å². The van der Waals surface area contributed by atoms with Gasteiger partial charge in [0.05, 0.1) is 15.6 Å². The lowest BCUT2D eigenvalue weighted by Gasteiger charge is -2.13. The van der Waals surface area contributed by atoms with Gasteiger partial charge in [0, 0.05) is 6.26 Å². The van der Waals surface area contributed by atoms with Crippen LogP contribution >= 0.6 is 11.6 Å². The van der Waals surface area contributed by atoms with E-state index in [4.69, 9.17) is 22.1 Å². The highest BCUT2D eigenvalue weighted by molar-refractivity contribution is 7.90. The van der Waals surface area contributed by atoms with E-state index in [1.807, 2.05) is 0 Å². The Morgan fingerprint density at radius 2 is 1.80 bits per heavy atom. The summed E-state index contributed by atoms with van der Waals surface area (Å²) in [6, 6.07) is 10.1. The van der Waals surface area contributed by atoms with Crippen LogP contribution in [0.2, 0.25) is 5.02 Å². The van der Waals surface area contributed by atoms with Gasteiger partial charge in [0.25, 0.3) is 0 Å². The molecule has 6 heteroatoms. The zero-order valence-corrected chi connectivity index (χ0v) is 12.6. The number of ether oxygens (including phenoxy) is 1. The van der Waals surface area contributed by atoms with E-state index in [1.54, 1.807) is 37.3 Å². The van der Waals surface area contributed by atoms with Crippen LogP contribution in [0.5, 0.6) is 11.5 Å². The van der Waals surface area contributed by atoms with E-state index in [0.717, 1.165) is 11.8 Å². The summed E-state index contributed by atoms with van der Waals surface area (Å²) >= 11 is 6.01. The number of halogens is 1. The first-order valence-corrected chi connectivity index (χ1v) is 8.08. The molecule has 0 saturated heterocycles. The highest BCUT2D eigenvalue weighted by Crippen LogP contribution is 2.36. The Balaban J connectivity index is 2.54. The Bertz CT molecular complexity index is 757. The number of aryl methyl sites for hydroxylation is 1. The first-order chi connectivity index (χ1) is 9.29. The molecule has 0 unspecified atom stereocenters. The normalized spacial score (nSPS) is 11.3. The van der Waals surface area contributed by atoms with Crippen molar-refractivity contribution < 1.29 is 13.2 Å². The van der Waals surface area contributed by atoms with Gasteiger partial charge in [-0.1, -0.05) is 23.7 Å². The van der Waals surface area contributed by atoms with Crippen molar-refractivity contribution in [3.63, 3.8) is 0 Å². The molecule has 0 spiro atoms. The number of nitrogen functional groups attached to an aromatic ring is 1. The first kappa shape index (κ1) is 14.7. The van der Waals surface area contributed by atoms with Crippen LogP contribution in [-0.2, 0) is 9.84 Å². The number of anilines is 1. The second kappa shape index (κ2) is 5.34. The van der Waals surface area contributed by atoms with Crippen molar-refractivity contribution in [1.29, 1.82) is 0 Å². The third-order valence-corrected chi connectivity index (χ3v) is 4.15. The molecule has 0 amide bonds. The third-order valence-electron chi connectivity index (χ3n) is 2.70. The van der Waals surface area contributed by atoms with Crippen LogP contribution in [-0.4, -0.2) is 14.7 Å². The van der Waals surface area contributed by atoms with E-state index < -0.39 is 9.84 Å². The van der Waals surface area contributed by atoms with Crippen molar-refractivity contribution >= 4 is 27.1 Å². The molecule has 0 aliphatic heterocycles. The smallest absolute Gasteiger partial charge is 0.177 e. The van der Waals surface area contributed by atoms with E-state index >= 15 is 0 Å². The molecule has 4 nitrogen and oxygen atoms in total. The Morgan fingerprint density at radius 3 is 2.40 bits per heavy atom. The Morgan fingerprint density at radius 1 is 1.15 bits per heavy atom. The molecule has 0 fully saturated rings. The van der Waals surface area contributed by atoms with Crippen molar-refractivity contribution in [2.75, 3.05) is 12.0 Å². The first-order valence-electron chi connectivity index (χ1n) is 5.81. The van der Waals surface area contributed by atoms with E-state index in [0.29, 0.717) is 10.8 Å². The molecule has 0 saturated carbocycles. The standard InChI is InChI=1S/C14H14ClNO3S/c1-9-7-12(14(16)13(8-9)20(2,17)18)19-11-6-4-3-5-10(11)15/h3-8H,16H2,1-2H3. The van der Waals surface area contributed by atoms with Crippen LogP contribution < -0.4 is 10.5 Å². The Hall–Kier alpha value is -1.72. The quantitative estimate of drug-likeness (QED) is 0.882. The summed E-state index contributed by atoms with van der Waals surface area (Å²) < 4.78 is 29.1. The van der Waals surface area contributed by atoms with Crippen molar-refractivity contribution in [3.05, 3.63) is 47.0 Å². The van der Waals surface area contributed by atoms with Crippen molar-refractivity contribution in [2.45, 2.75) is 11.8 Å². The molecule has 2 aromatic carbocycles. The molecule has 0 aliphatic rings. The van der Waals surface area contributed by atoms with Gasteiger partial charge < -0.3 is 10.5 Å². The molecule has 0 radical (unpaired) electrons. The summed E-state index contributed by atoms with van der Waals surface area (Å²) in [6.07, 6.45) is 1.11. The summed E-state index contributed by atoms with van der Waals surface area (Å²) in [5.74, 6) is 0.699. The van der Waals surface area contributed by atoms with Gasteiger partial charge in [-0.05, 0) is 36.8 Å². The van der Waals surface area contributed by atoms with Crippen LogP contribution in [0.3, 0.4) is 0 Å². The second-order valence-corrected chi connectivity index (χ2v) is 6.87. The number of nitrogens with two attached hydrogens (primary N) is 1. The average molecular weight is 312 g/mol. The molecule has 2 aromatic rings. The minimum absolute atomic E-state index is 0.0551. The predicted molar refractivity (Wildman–Crippen MR) is 80.2 cm³/mol. The molecule has 0 aliphatic carbocycles. The maximum absolute atomic E-state index is 11.7. The summed E-state index contributed by atoms with van der Waals surface area (Å²) in [6.45, 7) is 1.77. The summed E-state index contributed by atoms with van der Waals surface area (Å²) in [5.41, 5.74) is 6.71. The molecule has 0 heterocycles. The lowest BCUT2D eigenvalue weighted by Crippen LogP contribution is -2.05. The molecule has 2 N–H and O–H groups in total. The van der Waals surface area contributed by atoms with E-state index in [2.05, 4.69) is 0 Å². The van der Waals surface area contributed by atoms with Crippen LogP contribution in [0, 0.1) is 6.92 Å². The van der Waals surface area contributed by atoms with Gasteiger partial charge in [0.1, 0.15) is 5.75 Å². The van der Waals surface area contributed by atoms with Gasteiger partial charge >= 0.3 is 0 Å². The van der Waals surface area contributed by atoms with Crippen molar-refractivity contribution in [2.24, 2.45) is 0 Å². The number of hydrogen-bond donors (Lipinski definition) is 1. The zero-order chi connectivity index (χ0) is 14.9. The summed E-state index contributed by atoms with van der Waals surface area (Å²) in [5, 5.41) is 0.425. The topological polar surface area (TPSA) is 69.4 Å². The highest BCUT2D eigenvalue weighted by Gasteiger charge is 2.17. The number of hydrogen-bond acceptors (Lipinski definition) is 4. The highest BCUT2D eigenvalue weighted by atomic mass is 35.5. The third kappa shape index (κ3) is 3.05. The average Bonchev–Trinajstić information content (AvgIpc) is 2.34. The molecular weight excluding hydrogens is 298 g/mol. The summed E-state index contributed by atoms with van der Waals surface area (Å²) in [4.78, 5) is 0.0551. The van der Waals surface area contributed by atoms with Crippen molar-refractivity contribution in [3.8, 4) is 11.5 Å². The Kier molecular flexibility index (Phi) is 3.92. The molecule has 2 rings (SSSR count). The van der Waals surface area contributed by atoms with E-state index in [-0.39, 0.29) is 16.3 Å². The minimum Gasteiger partial charge on any atom is -0.454 e. The van der Waals surface area contributed by atoms with Gasteiger partial charge in [-0.25, -0.2) is 8.42 Å². The lowest BCUT2D eigenvalue weighted by atomic mass is 10.2. The fraction of sp³-hybridized carbons (Fsp3) is 0.143. The minimum atomic E-state index is -3.42. The van der Waals surface area contributed by atoms with Crippen LogP contribution in [0.4, 0.5) is 5.69 Å². The number of sulfone groups is 1. The largest absolute Gasteiger partial charge is 0.454 e. The predicted octanol–water partition coefficient (Wildman–Crippen LogP) is 3.43.